The molecule has 5 rings (SSSR count). The Hall–Kier alpha value is -3.31. The summed E-state index contributed by atoms with van der Waals surface area (Å²) in [5.74, 6) is 0.581. The van der Waals surface area contributed by atoms with Crippen LogP contribution in [0.4, 0.5) is 16.2 Å². The zero-order valence-electron chi connectivity index (χ0n) is 18.2. The average Bonchev–Trinajstić information content (AvgIpc) is 3.25. The molecule has 0 saturated carbocycles. The van der Waals surface area contributed by atoms with Gasteiger partial charge in [0.15, 0.2) is 5.65 Å². The third kappa shape index (κ3) is 3.84. The Morgan fingerprint density at radius 3 is 2.72 bits per heavy atom. The molecule has 3 heterocycles. The van der Waals surface area contributed by atoms with Gasteiger partial charge in [-0.15, -0.1) is 0 Å². The number of halogens is 1. The monoisotopic (exact) mass is 431 g/mol. The van der Waals surface area contributed by atoms with Gasteiger partial charge in [0, 0.05) is 31.4 Å². The number of nitrogens with two attached hydrogens (primary N) is 1. The molecule has 0 spiro atoms. The zero-order chi connectivity index (χ0) is 22.2. The van der Waals surface area contributed by atoms with Gasteiger partial charge in [-0.1, -0.05) is 6.07 Å². The maximum Gasteiger partial charge on any atom is 0.226 e. The Morgan fingerprint density at radius 1 is 1.19 bits per heavy atom. The van der Waals surface area contributed by atoms with Crippen molar-refractivity contribution in [2.45, 2.75) is 51.6 Å². The highest BCUT2D eigenvalue weighted by Crippen LogP contribution is 2.33. The van der Waals surface area contributed by atoms with Crippen molar-refractivity contribution in [3.8, 4) is 6.07 Å². The molecule has 0 radical (unpaired) electrons. The van der Waals surface area contributed by atoms with Crippen molar-refractivity contribution in [1.82, 2.24) is 19.9 Å². The van der Waals surface area contributed by atoms with Gasteiger partial charge in [0.05, 0.1) is 10.9 Å². The zero-order valence-corrected chi connectivity index (χ0v) is 18.2. The molecule has 0 atom stereocenters. The molecular formula is C24H26FN7. The number of rotatable bonds is 4. The van der Waals surface area contributed by atoms with Crippen LogP contribution in [0.2, 0.25) is 0 Å². The molecule has 0 unspecified atom stereocenters. The van der Waals surface area contributed by atoms with Crippen molar-refractivity contribution in [2.24, 2.45) is 0 Å². The molecule has 1 saturated heterocycles. The van der Waals surface area contributed by atoms with Gasteiger partial charge in [0.1, 0.15) is 17.7 Å². The molecule has 7 nitrogen and oxygen atoms in total. The summed E-state index contributed by atoms with van der Waals surface area (Å²) in [6, 6.07) is 6.94. The molecule has 32 heavy (non-hydrogen) atoms. The summed E-state index contributed by atoms with van der Waals surface area (Å²) in [6.45, 7) is 4.48. The highest BCUT2D eigenvalue weighted by Gasteiger charge is 2.23. The van der Waals surface area contributed by atoms with E-state index in [0.29, 0.717) is 24.0 Å². The fraction of sp³-hybridized carbons (Fsp3) is 0.417. The standard InChI is InChI=1S/C24H26FN7/c1-14-18-3-2-4-19(18)21-22(27)30-24(31-23(21)28-14)29-17-7-9-32(10-8-17)13-15-5-6-16(12-26)20(25)11-15/h5-6,11,17H,2-4,7-10,13H2,1H3,(H3,27,28,29,30,31). The Kier molecular flexibility index (Phi) is 5.35. The minimum Gasteiger partial charge on any atom is -0.383 e. The van der Waals surface area contributed by atoms with E-state index in [1.165, 1.54) is 17.2 Å². The maximum atomic E-state index is 13.9. The van der Waals surface area contributed by atoms with Crippen LogP contribution in [0.1, 0.15) is 47.2 Å². The maximum absolute atomic E-state index is 13.9. The number of fused-ring (bicyclic) bond motifs is 3. The van der Waals surface area contributed by atoms with E-state index in [-0.39, 0.29) is 11.6 Å². The first-order valence-electron chi connectivity index (χ1n) is 11.1. The molecule has 1 fully saturated rings. The number of nitrogens with one attached hydrogen (secondary N) is 1. The van der Waals surface area contributed by atoms with Gasteiger partial charge in [0.25, 0.3) is 0 Å². The van der Waals surface area contributed by atoms with Crippen LogP contribution < -0.4 is 11.1 Å². The predicted molar refractivity (Wildman–Crippen MR) is 122 cm³/mol. The van der Waals surface area contributed by atoms with Gasteiger partial charge in [-0.05, 0) is 67.9 Å². The number of aryl methyl sites for hydroxylation is 2. The molecule has 0 bridgehead atoms. The third-order valence-electron chi connectivity index (χ3n) is 6.63. The number of hydrogen-bond acceptors (Lipinski definition) is 7. The highest BCUT2D eigenvalue weighted by atomic mass is 19.1. The summed E-state index contributed by atoms with van der Waals surface area (Å²) in [7, 11) is 0. The first-order valence-corrected chi connectivity index (χ1v) is 11.1. The fourth-order valence-corrected chi connectivity index (χ4v) is 4.97. The second-order valence-electron chi connectivity index (χ2n) is 8.76. The van der Waals surface area contributed by atoms with Gasteiger partial charge in [-0.25, -0.2) is 9.37 Å². The second-order valence-corrected chi connectivity index (χ2v) is 8.76. The van der Waals surface area contributed by atoms with Crippen LogP contribution in [-0.2, 0) is 19.4 Å². The van der Waals surface area contributed by atoms with E-state index < -0.39 is 5.82 Å². The number of piperidine rings is 1. The van der Waals surface area contributed by atoms with E-state index in [2.05, 4.69) is 20.2 Å². The summed E-state index contributed by atoms with van der Waals surface area (Å²) in [4.78, 5) is 16.2. The van der Waals surface area contributed by atoms with Gasteiger partial charge < -0.3 is 11.1 Å². The number of benzene rings is 1. The van der Waals surface area contributed by atoms with Crippen LogP contribution >= 0.6 is 0 Å². The van der Waals surface area contributed by atoms with Crippen LogP contribution in [0.15, 0.2) is 18.2 Å². The number of likely N-dealkylation sites (tertiary alicyclic amines) is 1. The third-order valence-corrected chi connectivity index (χ3v) is 6.63. The van der Waals surface area contributed by atoms with Crippen LogP contribution in [0.25, 0.3) is 11.0 Å². The highest BCUT2D eigenvalue weighted by molar-refractivity contribution is 5.91. The van der Waals surface area contributed by atoms with Crippen molar-refractivity contribution >= 4 is 22.8 Å². The largest absolute Gasteiger partial charge is 0.383 e. The Bertz CT molecular complexity index is 1230. The molecule has 1 aliphatic heterocycles. The number of nitrogen functional groups attached to an aromatic ring is 1. The molecule has 1 aromatic carbocycles. The van der Waals surface area contributed by atoms with Gasteiger partial charge in [-0.2, -0.15) is 15.2 Å². The lowest BCUT2D eigenvalue weighted by molar-refractivity contribution is 0.211. The van der Waals surface area contributed by atoms with Crippen molar-refractivity contribution in [3.05, 3.63) is 52.0 Å². The molecule has 8 heteroatoms. The number of aromatic nitrogens is 3. The van der Waals surface area contributed by atoms with Gasteiger partial charge in [-0.3, -0.25) is 4.90 Å². The summed E-state index contributed by atoms with van der Waals surface area (Å²) in [6.07, 6.45) is 5.05. The topological polar surface area (TPSA) is 104 Å². The number of anilines is 2. The lowest BCUT2D eigenvalue weighted by Crippen LogP contribution is -2.39. The smallest absolute Gasteiger partial charge is 0.226 e. The van der Waals surface area contributed by atoms with Crippen molar-refractivity contribution in [2.75, 3.05) is 24.1 Å². The Labute approximate surface area is 186 Å². The SMILES string of the molecule is Cc1nc2nc(NC3CCN(Cc4ccc(C#N)c(F)c4)CC3)nc(N)c2c2c1CCC2. The van der Waals surface area contributed by atoms with Crippen LogP contribution in [-0.4, -0.2) is 39.0 Å². The summed E-state index contributed by atoms with van der Waals surface area (Å²) >= 11 is 0. The minimum absolute atomic E-state index is 0.0842. The van der Waals surface area contributed by atoms with E-state index in [4.69, 9.17) is 16.0 Å². The van der Waals surface area contributed by atoms with Crippen molar-refractivity contribution in [3.63, 3.8) is 0 Å². The number of nitriles is 1. The molecule has 2 aliphatic rings. The predicted octanol–water partition coefficient (Wildman–Crippen LogP) is 3.49. The van der Waals surface area contributed by atoms with E-state index in [9.17, 15) is 4.39 Å². The lowest BCUT2D eigenvalue weighted by atomic mass is 10.0. The molecule has 164 valence electrons. The van der Waals surface area contributed by atoms with E-state index >= 15 is 0 Å². The Balaban J connectivity index is 1.25. The van der Waals surface area contributed by atoms with Crippen LogP contribution in [0.5, 0.6) is 0 Å². The first-order chi connectivity index (χ1) is 15.5. The number of hydrogen-bond donors (Lipinski definition) is 2. The van der Waals surface area contributed by atoms with Crippen molar-refractivity contribution in [1.29, 1.82) is 5.26 Å². The number of pyridine rings is 1. The van der Waals surface area contributed by atoms with Gasteiger partial charge >= 0.3 is 0 Å². The molecule has 0 amide bonds. The average molecular weight is 432 g/mol. The molecular weight excluding hydrogens is 405 g/mol. The number of nitrogens with zero attached hydrogens (tertiary/aromatic N) is 5. The molecule has 1 aliphatic carbocycles. The van der Waals surface area contributed by atoms with Crippen molar-refractivity contribution < 1.29 is 4.39 Å². The summed E-state index contributed by atoms with van der Waals surface area (Å²) in [5.41, 5.74) is 11.6. The molecule has 2 aromatic heterocycles. The van der Waals surface area contributed by atoms with Gasteiger partial charge in [0.2, 0.25) is 5.95 Å². The second kappa shape index (κ2) is 8.32. The first kappa shape index (κ1) is 20.6. The quantitative estimate of drug-likeness (QED) is 0.652. The summed E-state index contributed by atoms with van der Waals surface area (Å²) in [5, 5.41) is 13.2. The van der Waals surface area contributed by atoms with E-state index in [1.807, 2.05) is 19.1 Å². The summed E-state index contributed by atoms with van der Waals surface area (Å²) < 4.78 is 13.9. The van der Waals surface area contributed by atoms with Crippen LogP contribution in [0.3, 0.4) is 0 Å². The van der Waals surface area contributed by atoms with E-state index in [1.54, 1.807) is 6.07 Å². The fourth-order valence-electron chi connectivity index (χ4n) is 4.97. The van der Waals surface area contributed by atoms with E-state index in [0.717, 1.165) is 61.8 Å². The minimum atomic E-state index is -0.456. The normalized spacial score (nSPS) is 16.8. The Morgan fingerprint density at radius 2 is 1.97 bits per heavy atom. The lowest BCUT2D eigenvalue weighted by Gasteiger charge is -2.32. The van der Waals surface area contributed by atoms with Crippen LogP contribution in [0, 0.1) is 24.1 Å². The molecule has 3 aromatic rings. The molecule has 3 N–H and O–H groups in total.